The summed E-state index contributed by atoms with van der Waals surface area (Å²) < 4.78 is 1.24. The number of nitrogens with zero attached hydrogens (tertiary/aromatic N) is 3. The average molecular weight is 239 g/mol. The lowest BCUT2D eigenvalue weighted by Crippen LogP contribution is -2.32. The van der Waals surface area contributed by atoms with E-state index >= 15 is 0 Å². The van der Waals surface area contributed by atoms with E-state index in [9.17, 15) is 9.59 Å². The highest BCUT2D eigenvalue weighted by Crippen LogP contribution is 2.05. The van der Waals surface area contributed by atoms with Crippen molar-refractivity contribution >= 4 is 11.6 Å². The summed E-state index contributed by atoms with van der Waals surface area (Å²) in [5.74, 6) is 4.62. The Bertz CT molecular complexity index is 443. The van der Waals surface area contributed by atoms with E-state index in [4.69, 9.17) is 5.84 Å². The number of anilines is 1. The van der Waals surface area contributed by atoms with Gasteiger partial charge >= 0.3 is 0 Å². The molecule has 0 fully saturated rings. The molecule has 94 valence electrons. The van der Waals surface area contributed by atoms with Crippen LogP contribution in [-0.4, -0.2) is 29.3 Å². The van der Waals surface area contributed by atoms with Gasteiger partial charge in [-0.25, -0.2) is 10.5 Å². The normalized spacial score (nSPS) is 10.1. The van der Waals surface area contributed by atoms with Crippen molar-refractivity contribution in [2.75, 3.05) is 18.5 Å². The highest BCUT2D eigenvalue weighted by molar-refractivity contribution is 5.74. The van der Waals surface area contributed by atoms with Crippen molar-refractivity contribution in [1.29, 1.82) is 0 Å². The SMILES string of the molecule is CCN(C)c1cnn(CCC(=O)NN)c(=O)c1. The topological polar surface area (TPSA) is 93.2 Å². The van der Waals surface area contributed by atoms with E-state index in [1.165, 1.54) is 10.7 Å². The smallest absolute Gasteiger partial charge is 0.268 e. The van der Waals surface area contributed by atoms with E-state index < -0.39 is 0 Å². The fourth-order valence-corrected chi connectivity index (χ4v) is 1.26. The molecule has 17 heavy (non-hydrogen) atoms. The number of hydrogen-bond donors (Lipinski definition) is 2. The lowest BCUT2D eigenvalue weighted by atomic mass is 10.4. The molecule has 3 N–H and O–H groups in total. The summed E-state index contributed by atoms with van der Waals surface area (Å²) in [6.07, 6.45) is 1.73. The van der Waals surface area contributed by atoms with Crippen LogP contribution in [-0.2, 0) is 11.3 Å². The molecular formula is C10H17N5O2. The number of aryl methyl sites for hydroxylation is 1. The molecule has 1 aromatic rings. The van der Waals surface area contributed by atoms with Crippen LogP contribution in [0.2, 0.25) is 0 Å². The molecule has 0 unspecified atom stereocenters. The Kier molecular flexibility index (Phi) is 4.65. The fraction of sp³-hybridized carbons (Fsp3) is 0.500. The van der Waals surface area contributed by atoms with Crippen molar-refractivity contribution in [3.63, 3.8) is 0 Å². The Morgan fingerprint density at radius 2 is 2.35 bits per heavy atom. The largest absolute Gasteiger partial charge is 0.373 e. The number of nitrogens with one attached hydrogen (secondary N) is 1. The number of hydrogen-bond acceptors (Lipinski definition) is 5. The number of rotatable bonds is 5. The summed E-state index contributed by atoms with van der Waals surface area (Å²) in [6, 6.07) is 1.50. The molecule has 1 amide bonds. The van der Waals surface area contributed by atoms with Crippen molar-refractivity contribution in [3.8, 4) is 0 Å². The van der Waals surface area contributed by atoms with Crippen molar-refractivity contribution in [2.45, 2.75) is 19.9 Å². The first-order valence-electron chi connectivity index (χ1n) is 5.36. The Labute approximate surface area is 99.2 Å². The van der Waals surface area contributed by atoms with Gasteiger partial charge in [-0.2, -0.15) is 5.10 Å². The molecule has 1 heterocycles. The molecule has 0 aromatic carbocycles. The van der Waals surface area contributed by atoms with Crippen LogP contribution in [0.1, 0.15) is 13.3 Å². The third-order valence-corrected chi connectivity index (χ3v) is 2.48. The summed E-state index contributed by atoms with van der Waals surface area (Å²) in [7, 11) is 1.88. The Balaban J connectivity index is 2.76. The second-order valence-electron chi connectivity index (χ2n) is 3.61. The van der Waals surface area contributed by atoms with Gasteiger partial charge in [0, 0.05) is 26.1 Å². The first-order chi connectivity index (χ1) is 8.08. The molecule has 0 spiro atoms. The number of carbonyl (C=O) groups excluding carboxylic acids is 1. The maximum Gasteiger partial charge on any atom is 0.268 e. The van der Waals surface area contributed by atoms with Crippen LogP contribution < -0.4 is 21.7 Å². The average Bonchev–Trinajstić information content (AvgIpc) is 2.35. The van der Waals surface area contributed by atoms with Crippen LogP contribution in [0.4, 0.5) is 5.69 Å². The minimum atomic E-state index is -0.326. The molecule has 0 atom stereocenters. The highest BCUT2D eigenvalue weighted by Gasteiger charge is 2.05. The Hall–Kier alpha value is -1.89. The van der Waals surface area contributed by atoms with E-state index in [1.54, 1.807) is 6.20 Å². The number of aromatic nitrogens is 2. The summed E-state index contributed by atoms with van der Waals surface area (Å²) in [4.78, 5) is 24.5. The van der Waals surface area contributed by atoms with Gasteiger partial charge in [0.15, 0.2) is 0 Å². The third kappa shape index (κ3) is 3.56. The molecule has 0 bridgehead atoms. The summed E-state index contributed by atoms with van der Waals surface area (Å²) in [5.41, 5.74) is 2.54. The molecule has 0 saturated carbocycles. The molecule has 0 radical (unpaired) electrons. The van der Waals surface area contributed by atoms with Gasteiger partial charge in [-0.15, -0.1) is 0 Å². The number of amides is 1. The van der Waals surface area contributed by atoms with Crippen LogP contribution in [0.3, 0.4) is 0 Å². The maximum atomic E-state index is 11.7. The van der Waals surface area contributed by atoms with Crippen LogP contribution in [0.15, 0.2) is 17.1 Å². The van der Waals surface area contributed by atoms with Gasteiger partial charge < -0.3 is 4.90 Å². The molecule has 7 nitrogen and oxygen atoms in total. The van der Waals surface area contributed by atoms with Gasteiger partial charge in [0.2, 0.25) is 5.91 Å². The van der Waals surface area contributed by atoms with Crippen molar-refractivity contribution in [3.05, 3.63) is 22.6 Å². The lowest BCUT2D eigenvalue weighted by molar-refractivity contribution is -0.121. The minimum Gasteiger partial charge on any atom is -0.373 e. The van der Waals surface area contributed by atoms with Gasteiger partial charge in [-0.3, -0.25) is 15.0 Å². The molecular weight excluding hydrogens is 222 g/mol. The first-order valence-corrected chi connectivity index (χ1v) is 5.36. The van der Waals surface area contributed by atoms with Gasteiger partial charge in [0.05, 0.1) is 18.4 Å². The Morgan fingerprint density at radius 1 is 1.65 bits per heavy atom. The third-order valence-electron chi connectivity index (χ3n) is 2.48. The summed E-state index contributed by atoms with van der Waals surface area (Å²) >= 11 is 0. The van der Waals surface area contributed by atoms with Gasteiger partial charge in [-0.05, 0) is 6.92 Å². The van der Waals surface area contributed by atoms with Crippen molar-refractivity contribution < 1.29 is 4.79 Å². The zero-order valence-electron chi connectivity index (χ0n) is 10.0. The summed E-state index contributed by atoms with van der Waals surface area (Å²) in [6.45, 7) is 3.00. The van der Waals surface area contributed by atoms with Gasteiger partial charge in [0.25, 0.3) is 5.56 Å². The summed E-state index contributed by atoms with van der Waals surface area (Å²) in [5, 5.41) is 4.00. The standard InChI is InChI=1S/C10H17N5O2/c1-3-14(2)8-6-10(17)15(12-7-8)5-4-9(16)13-11/h6-7H,3-5,11H2,1-2H3,(H,13,16). The number of nitrogens with two attached hydrogens (primary N) is 1. The molecule has 0 aliphatic rings. The van der Waals surface area contributed by atoms with Gasteiger partial charge in [0.1, 0.15) is 0 Å². The monoisotopic (exact) mass is 239 g/mol. The van der Waals surface area contributed by atoms with E-state index in [0.29, 0.717) is 0 Å². The number of carbonyl (C=O) groups is 1. The van der Waals surface area contributed by atoms with Crippen molar-refractivity contribution in [2.24, 2.45) is 5.84 Å². The number of hydrazine groups is 1. The zero-order valence-corrected chi connectivity index (χ0v) is 10.0. The zero-order chi connectivity index (χ0) is 12.8. The minimum absolute atomic E-state index is 0.131. The van der Waals surface area contributed by atoms with Gasteiger partial charge in [-0.1, -0.05) is 0 Å². The van der Waals surface area contributed by atoms with Crippen LogP contribution in [0.25, 0.3) is 0 Å². The second-order valence-corrected chi connectivity index (χ2v) is 3.61. The Morgan fingerprint density at radius 3 is 2.88 bits per heavy atom. The van der Waals surface area contributed by atoms with E-state index in [2.05, 4.69) is 5.10 Å². The molecule has 0 aliphatic heterocycles. The van der Waals surface area contributed by atoms with Crippen molar-refractivity contribution in [1.82, 2.24) is 15.2 Å². The molecule has 1 rings (SSSR count). The maximum absolute atomic E-state index is 11.7. The quantitative estimate of drug-likeness (QED) is 0.394. The first kappa shape index (κ1) is 13.2. The van der Waals surface area contributed by atoms with E-state index in [-0.39, 0.29) is 24.4 Å². The molecule has 0 aliphatic carbocycles. The lowest BCUT2D eigenvalue weighted by Gasteiger charge is -2.16. The second kappa shape index (κ2) is 6.00. The predicted octanol–water partition coefficient (Wildman–Crippen LogP) is -0.921. The molecule has 7 heteroatoms. The predicted molar refractivity (Wildman–Crippen MR) is 64.4 cm³/mol. The highest BCUT2D eigenvalue weighted by atomic mass is 16.2. The fourth-order valence-electron chi connectivity index (χ4n) is 1.26. The molecule has 1 aromatic heterocycles. The van der Waals surface area contributed by atoms with Crippen LogP contribution >= 0.6 is 0 Å². The van der Waals surface area contributed by atoms with E-state index in [1.807, 2.05) is 24.3 Å². The molecule has 0 saturated heterocycles. The van der Waals surface area contributed by atoms with E-state index in [0.717, 1.165) is 12.2 Å². The van der Waals surface area contributed by atoms with Crippen LogP contribution in [0, 0.1) is 0 Å². The van der Waals surface area contributed by atoms with Crippen LogP contribution in [0.5, 0.6) is 0 Å².